The van der Waals surface area contributed by atoms with E-state index >= 15 is 0 Å². The van der Waals surface area contributed by atoms with Crippen LogP contribution in [0, 0.1) is 0 Å². The molecular formula is C25H34O5. The van der Waals surface area contributed by atoms with E-state index in [9.17, 15) is 14.7 Å². The first kappa shape index (κ1) is 23.9. The molecule has 5 heteroatoms. The molecule has 2 aliphatic heterocycles. The Kier molecular flexibility index (Phi) is 9.31. The van der Waals surface area contributed by atoms with Gasteiger partial charge in [-0.15, -0.1) is 0 Å². The summed E-state index contributed by atoms with van der Waals surface area (Å²) in [5, 5.41) is 10.4. The van der Waals surface area contributed by atoms with Crippen molar-refractivity contribution in [1.82, 2.24) is 0 Å². The molecule has 0 bridgehead atoms. The van der Waals surface area contributed by atoms with Gasteiger partial charge in [-0.2, -0.15) is 0 Å². The van der Waals surface area contributed by atoms with Gasteiger partial charge in [0.1, 0.15) is 12.7 Å². The highest BCUT2D eigenvalue weighted by molar-refractivity contribution is 5.90. The summed E-state index contributed by atoms with van der Waals surface area (Å²) in [7, 11) is 0. The van der Waals surface area contributed by atoms with Crippen LogP contribution in [0.25, 0.3) is 0 Å². The van der Waals surface area contributed by atoms with Gasteiger partial charge in [-0.1, -0.05) is 29.4 Å². The SMILES string of the molecule is CC(C)=CC1C/C(=C/C[C@@H](O)/C(C)=C/CC/C(C)=C/CCC2=CC(=O)OC2)C(=O)O1. The fourth-order valence-corrected chi connectivity index (χ4v) is 3.45. The zero-order chi connectivity index (χ0) is 22.1. The Hall–Kier alpha value is -2.40. The van der Waals surface area contributed by atoms with Gasteiger partial charge >= 0.3 is 11.9 Å². The number of cyclic esters (lactones) is 2. The molecule has 0 aromatic carbocycles. The van der Waals surface area contributed by atoms with Gasteiger partial charge < -0.3 is 14.6 Å². The van der Waals surface area contributed by atoms with E-state index in [1.807, 2.05) is 26.8 Å². The summed E-state index contributed by atoms with van der Waals surface area (Å²) in [5.41, 5.74) is 5.03. The van der Waals surface area contributed by atoms with E-state index in [0.717, 1.165) is 42.4 Å². The summed E-state index contributed by atoms with van der Waals surface area (Å²) < 4.78 is 10.2. The molecule has 2 atom stereocenters. The molecule has 1 saturated heterocycles. The average Bonchev–Trinajstić information content (AvgIpc) is 3.23. The Morgan fingerprint density at radius 3 is 2.63 bits per heavy atom. The Balaban J connectivity index is 1.73. The fraction of sp³-hybridized carbons (Fsp3) is 0.520. The van der Waals surface area contributed by atoms with Gasteiger partial charge in [-0.3, -0.25) is 0 Å². The molecule has 2 rings (SSSR count). The highest BCUT2D eigenvalue weighted by Gasteiger charge is 2.27. The lowest BCUT2D eigenvalue weighted by atomic mass is 10.0. The van der Waals surface area contributed by atoms with Gasteiger partial charge in [0.15, 0.2) is 0 Å². The number of carbonyl (C=O) groups excluding carboxylic acids is 2. The third-order valence-corrected chi connectivity index (χ3v) is 5.26. The minimum Gasteiger partial charge on any atom is -0.458 e. The Labute approximate surface area is 179 Å². The van der Waals surface area contributed by atoms with Crippen LogP contribution < -0.4 is 0 Å². The molecule has 2 aliphatic rings. The number of aliphatic hydroxyl groups excluding tert-OH is 1. The molecule has 0 radical (unpaired) electrons. The second-order valence-corrected chi connectivity index (χ2v) is 8.36. The first-order valence-corrected chi connectivity index (χ1v) is 10.7. The Morgan fingerprint density at radius 1 is 1.20 bits per heavy atom. The Morgan fingerprint density at radius 2 is 1.97 bits per heavy atom. The van der Waals surface area contributed by atoms with Crippen LogP contribution in [0.1, 0.15) is 66.2 Å². The molecule has 0 aliphatic carbocycles. The number of allylic oxidation sites excluding steroid dienone is 4. The molecule has 1 fully saturated rings. The van der Waals surface area contributed by atoms with E-state index < -0.39 is 6.10 Å². The average molecular weight is 415 g/mol. The monoisotopic (exact) mass is 414 g/mol. The van der Waals surface area contributed by atoms with Crippen LogP contribution in [-0.4, -0.2) is 35.9 Å². The van der Waals surface area contributed by atoms with E-state index in [2.05, 4.69) is 19.1 Å². The zero-order valence-corrected chi connectivity index (χ0v) is 18.6. The van der Waals surface area contributed by atoms with Crippen molar-refractivity contribution in [2.75, 3.05) is 6.61 Å². The molecule has 0 aromatic rings. The highest BCUT2D eigenvalue weighted by atomic mass is 16.5. The lowest BCUT2D eigenvalue weighted by Crippen LogP contribution is -2.07. The molecule has 2 heterocycles. The molecule has 0 saturated carbocycles. The predicted molar refractivity (Wildman–Crippen MR) is 118 cm³/mol. The van der Waals surface area contributed by atoms with Crippen molar-refractivity contribution < 1.29 is 24.2 Å². The van der Waals surface area contributed by atoms with Crippen molar-refractivity contribution in [3.05, 3.63) is 58.2 Å². The molecule has 164 valence electrons. The highest BCUT2D eigenvalue weighted by Crippen LogP contribution is 2.24. The number of carbonyl (C=O) groups is 2. The van der Waals surface area contributed by atoms with Gasteiger partial charge in [0.25, 0.3) is 0 Å². The predicted octanol–water partition coefficient (Wildman–Crippen LogP) is 4.88. The molecule has 0 spiro atoms. The second kappa shape index (κ2) is 11.7. The van der Waals surface area contributed by atoms with Gasteiger partial charge in [0, 0.05) is 18.1 Å². The smallest absolute Gasteiger partial charge is 0.334 e. The van der Waals surface area contributed by atoms with Gasteiger partial charge in [-0.25, -0.2) is 9.59 Å². The van der Waals surface area contributed by atoms with Crippen LogP contribution in [0.2, 0.25) is 0 Å². The van der Waals surface area contributed by atoms with Crippen LogP contribution in [0.4, 0.5) is 0 Å². The minimum atomic E-state index is -0.594. The standard InChI is InChI=1S/C25H34O5/c1-17(2)13-22-15-21(25(28)30-22)11-12-23(26)19(4)9-5-7-18(3)8-6-10-20-14-24(27)29-16-20/h8-9,11,13-14,22-23,26H,5-7,10,12,15-16H2,1-4H3/b18-8+,19-9+,21-11-/t22?,23-/m1/s1. The largest absolute Gasteiger partial charge is 0.458 e. The lowest BCUT2D eigenvalue weighted by molar-refractivity contribution is -0.137. The molecule has 30 heavy (non-hydrogen) atoms. The normalized spacial score (nSPS) is 22.1. The third-order valence-electron chi connectivity index (χ3n) is 5.26. The van der Waals surface area contributed by atoms with Crippen molar-refractivity contribution in [2.24, 2.45) is 0 Å². The summed E-state index contributed by atoms with van der Waals surface area (Å²) in [6, 6.07) is 0. The van der Waals surface area contributed by atoms with Crippen LogP contribution in [0.15, 0.2) is 58.2 Å². The number of aliphatic hydroxyl groups is 1. The van der Waals surface area contributed by atoms with Gasteiger partial charge in [0.05, 0.1) is 6.10 Å². The van der Waals surface area contributed by atoms with Crippen LogP contribution >= 0.6 is 0 Å². The van der Waals surface area contributed by atoms with Crippen molar-refractivity contribution in [3.8, 4) is 0 Å². The number of ether oxygens (including phenoxy) is 2. The second-order valence-electron chi connectivity index (χ2n) is 8.36. The summed E-state index contributed by atoms with van der Waals surface area (Å²) in [5.74, 6) is -0.519. The summed E-state index contributed by atoms with van der Waals surface area (Å²) in [4.78, 5) is 23.0. The van der Waals surface area contributed by atoms with Crippen LogP contribution in [0.5, 0.6) is 0 Å². The molecular weight excluding hydrogens is 380 g/mol. The molecule has 1 unspecified atom stereocenters. The number of hydrogen-bond donors (Lipinski definition) is 1. The topological polar surface area (TPSA) is 72.8 Å². The summed E-state index contributed by atoms with van der Waals surface area (Å²) >= 11 is 0. The lowest BCUT2D eigenvalue weighted by Gasteiger charge is -2.09. The maximum absolute atomic E-state index is 11.9. The molecule has 1 N–H and O–H groups in total. The Bertz CT molecular complexity index is 790. The van der Waals surface area contributed by atoms with E-state index in [4.69, 9.17) is 9.47 Å². The van der Waals surface area contributed by atoms with Crippen molar-refractivity contribution in [1.29, 1.82) is 0 Å². The van der Waals surface area contributed by atoms with Crippen molar-refractivity contribution in [2.45, 2.75) is 78.4 Å². The summed E-state index contributed by atoms with van der Waals surface area (Å²) in [6.45, 7) is 8.41. The first-order chi connectivity index (χ1) is 14.2. The van der Waals surface area contributed by atoms with E-state index in [1.54, 1.807) is 12.2 Å². The van der Waals surface area contributed by atoms with E-state index in [0.29, 0.717) is 25.0 Å². The number of rotatable bonds is 10. The zero-order valence-electron chi connectivity index (χ0n) is 18.6. The quantitative estimate of drug-likeness (QED) is 0.313. The van der Waals surface area contributed by atoms with E-state index in [1.165, 1.54) is 5.57 Å². The number of esters is 2. The maximum Gasteiger partial charge on any atom is 0.334 e. The van der Waals surface area contributed by atoms with Crippen molar-refractivity contribution in [3.63, 3.8) is 0 Å². The first-order valence-electron chi connectivity index (χ1n) is 10.7. The minimum absolute atomic E-state index is 0.185. The molecule has 0 aromatic heterocycles. The maximum atomic E-state index is 11.9. The van der Waals surface area contributed by atoms with E-state index in [-0.39, 0.29) is 18.0 Å². The summed E-state index contributed by atoms with van der Waals surface area (Å²) in [6.07, 6.45) is 13.3. The van der Waals surface area contributed by atoms with Crippen LogP contribution in [0.3, 0.4) is 0 Å². The number of hydrogen-bond acceptors (Lipinski definition) is 5. The molecule has 5 nitrogen and oxygen atoms in total. The van der Waals surface area contributed by atoms with Gasteiger partial charge in [-0.05, 0) is 77.0 Å². The van der Waals surface area contributed by atoms with Crippen molar-refractivity contribution >= 4 is 11.9 Å². The molecule has 0 amide bonds. The fourth-order valence-electron chi connectivity index (χ4n) is 3.45. The third kappa shape index (κ3) is 8.15. The van der Waals surface area contributed by atoms with Gasteiger partial charge in [0.2, 0.25) is 0 Å². The van der Waals surface area contributed by atoms with Crippen LogP contribution in [-0.2, 0) is 19.1 Å².